The van der Waals surface area contributed by atoms with Gasteiger partial charge in [-0.1, -0.05) is 55.0 Å². The number of carbonyl (C=O) groups excluding carboxylic acids is 2. The standard InChI is InChI=1S/C30H31N3O4S3/c1-33(19-20-11-13-21(14-12-20)23-6-2-3-10-28(23)40(31,36)37)30(35)25-8-4-7-24(25)29(34)32-18-22-15-16-27(39-22)26-9-5-17-38-26/h2-3,5-6,9-17,24-25H,4,7-8,18-19H2,1H3,(H,32,34)(H2,31,36,37)/t24-,25-/m0/s1. The van der Waals surface area contributed by atoms with Crippen LogP contribution in [-0.4, -0.2) is 32.2 Å². The number of nitrogens with zero attached hydrogens (tertiary/aromatic N) is 1. The van der Waals surface area contributed by atoms with Gasteiger partial charge >= 0.3 is 0 Å². The molecule has 1 aliphatic rings. The summed E-state index contributed by atoms with van der Waals surface area (Å²) in [4.78, 5) is 31.7. The van der Waals surface area contributed by atoms with Crippen LogP contribution in [0.5, 0.6) is 0 Å². The van der Waals surface area contributed by atoms with Crippen molar-refractivity contribution in [3.8, 4) is 20.9 Å². The van der Waals surface area contributed by atoms with Crippen LogP contribution in [0.3, 0.4) is 0 Å². The van der Waals surface area contributed by atoms with Gasteiger partial charge in [-0.3, -0.25) is 9.59 Å². The molecule has 0 radical (unpaired) electrons. The van der Waals surface area contributed by atoms with E-state index in [1.165, 1.54) is 15.8 Å². The van der Waals surface area contributed by atoms with E-state index in [0.29, 0.717) is 31.5 Å². The maximum absolute atomic E-state index is 13.4. The molecule has 2 amide bonds. The number of sulfonamides is 1. The highest BCUT2D eigenvalue weighted by atomic mass is 32.2. The largest absolute Gasteiger partial charge is 0.351 e. The van der Waals surface area contributed by atoms with Crippen LogP contribution in [0.4, 0.5) is 0 Å². The van der Waals surface area contributed by atoms with Gasteiger partial charge in [0.15, 0.2) is 0 Å². The first kappa shape index (κ1) is 28.2. The van der Waals surface area contributed by atoms with Gasteiger partial charge in [0.2, 0.25) is 21.8 Å². The maximum Gasteiger partial charge on any atom is 0.238 e. The van der Waals surface area contributed by atoms with Crippen LogP contribution in [0.15, 0.2) is 83.1 Å². The molecule has 1 aliphatic carbocycles. The zero-order valence-electron chi connectivity index (χ0n) is 22.1. The van der Waals surface area contributed by atoms with Crippen molar-refractivity contribution in [1.29, 1.82) is 0 Å². The summed E-state index contributed by atoms with van der Waals surface area (Å²) in [5, 5.41) is 10.5. The second kappa shape index (κ2) is 12.1. The van der Waals surface area contributed by atoms with Crippen LogP contribution < -0.4 is 10.5 Å². The molecule has 1 fully saturated rings. The van der Waals surface area contributed by atoms with Crippen molar-refractivity contribution in [2.45, 2.75) is 37.2 Å². The van der Waals surface area contributed by atoms with Gasteiger partial charge in [0.05, 0.1) is 11.4 Å². The number of primary sulfonamides is 1. The van der Waals surface area contributed by atoms with Crippen LogP contribution in [0.2, 0.25) is 0 Å². The number of nitrogens with two attached hydrogens (primary N) is 1. The highest BCUT2D eigenvalue weighted by Gasteiger charge is 2.39. The van der Waals surface area contributed by atoms with Gasteiger partial charge in [0, 0.05) is 45.6 Å². The lowest BCUT2D eigenvalue weighted by Gasteiger charge is -2.25. The predicted molar refractivity (Wildman–Crippen MR) is 160 cm³/mol. The third-order valence-corrected chi connectivity index (χ3v) is 10.4. The second-order valence-electron chi connectivity index (χ2n) is 10.0. The molecule has 0 unspecified atom stereocenters. The number of rotatable bonds is 9. The van der Waals surface area contributed by atoms with E-state index >= 15 is 0 Å². The minimum absolute atomic E-state index is 0.0302. The molecule has 0 saturated heterocycles. The highest BCUT2D eigenvalue weighted by Crippen LogP contribution is 2.35. The molecular weight excluding hydrogens is 563 g/mol. The maximum atomic E-state index is 13.4. The molecule has 0 bridgehead atoms. The Morgan fingerprint density at radius 3 is 2.42 bits per heavy atom. The van der Waals surface area contributed by atoms with E-state index in [0.717, 1.165) is 22.4 Å². The average molecular weight is 594 g/mol. The number of carbonyl (C=O) groups is 2. The van der Waals surface area contributed by atoms with Gasteiger partial charge in [-0.25, -0.2) is 13.6 Å². The molecule has 2 heterocycles. The molecular formula is C30H31N3O4S3. The monoisotopic (exact) mass is 593 g/mol. The summed E-state index contributed by atoms with van der Waals surface area (Å²) in [5.41, 5.74) is 2.17. The molecule has 10 heteroatoms. The van der Waals surface area contributed by atoms with Gasteiger partial charge in [0.25, 0.3) is 0 Å². The van der Waals surface area contributed by atoms with Crippen molar-refractivity contribution in [2.75, 3.05) is 7.05 Å². The number of hydrogen-bond acceptors (Lipinski definition) is 6. The van der Waals surface area contributed by atoms with Crippen molar-refractivity contribution >= 4 is 44.5 Å². The zero-order chi connectivity index (χ0) is 28.3. The SMILES string of the molecule is CN(Cc1ccc(-c2ccccc2S(N)(=O)=O)cc1)C(=O)[C@H]1CCC[C@@H]1C(=O)NCc1ccc(-c2cccs2)s1. The first-order chi connectivity index (χ1) is 19.2. The van der Waals surface area contributed by atoms with E-state index in [1.807, 2.05) is 36.4 Å². The fraction of sp³-hybridized carbons (Fsp3) is 0.267. The number of thiophene rings is 2. The fourth-order valence-electron chi connectivity index (χ4n) is 5.28. The Morgan fingerprint density at radius 2 is 1.70 bits per heavy atom. The van der Waals surface area contributed by atoms with Crippen LogP contribution in [-0.2, 0) is 32.7 Å². The van der Waals surface area contributed by atoms with E-state index in [2.05, 4.69) is 22.8 Å². The van der Waals surface area contributed by atoms with E-state index < -0.39 is 10.0 Å². The molecule has 7 nitrogen and oxygen atoms in total. The van der Waals surface area contributed by atoms with Crippen LogP contribution in [0, 0.1) is 11.8 Å². The van der Waals surface area contributed by atoms with Crippen molar-refractivity contribution in [2.24, 2.45) is 17.0 Å². The Bertz CT molecular complexity index is 1600. The molecule has 0 spiro atoms. The van der Waals surface area contributed by atoms with Gasteiger partial charge in [-0.2, -0.15) is 0 Å². The normalized spacial score (nSPS) is 17.1. The molecule has 4 aromatic rings. The number of hydrogen-bond donors (Lipinski definition) is 2. The smallest absolute Gasteiger partial charge is 0.238 e. The van der Waals surface area contributed by atoms with Crippen LogP contribution in [0.25, 0.3) is 20.9 Å². The third kappa shape index (κ3) is 6.36. The zero-order valence-corrected chi connectivity index (χ0v) is 24.5. The Labute approximate surface area is 242 Å². The van der Waals surface area contributed by atoms with E-state index in [4.69, 9.17) is 5.14 Å². The lowest BCUT2D eigenvalue weighted by atomic mass is 9.93. The van der Waals surface area contributed by atoms with Crippen LogP contribution in [0.1, 0.15) is 29.7 Å². The summed E-state index contributed by atoms with van der Waals surface area (Å²) >= 11 is 3.37. The summed E-state index contributed by atoms with van der Waals surface area (Å²) in [6.45, 7) is 0.852. The fourth-order valence-corrected chi connectivity index (χ4v) is 7.82. The Balaban J connectivity index is 1.19. The quantitative estimate of drug-likeness (QED) is 0.268. The minimum Gasteiger partial charge on any atom is -0.351 e. The number of nitrogens with one attached hydrogen (secondary N) is 1. The topological polar surface area (TPSA) is 110 Å². The summed E-state index contributed by atoms with van der Waals surface area (Å²) in [5.74, 6) is -0.759. The number of benzene rings is 2. The molecule has 40 heavy (non-hydrogen) atoms. The molecule has 2 atom stereocenters. The molecule has 3 N–H and O–H groups in total. The molecule has 2 aromatic heterocycles. The average Bonchev–Trinajstić information content (AvgIpc) is 3.73. The minimum atomic E-state index is -3.86. The van der Waals surface area contributed by atoms with E-state index in [-0.39, 0.29) is 28.5 Å². The lowest BCUT2D eigenvalue weighted by Crippen LogP contribution is -2.40. The molecule has 2 aromatic carbocycles. The van der Waals surface area contributed by atoms with Gasteiger partial charge in [-0.05, 0) is 53.6 Å². The second-order valence-corrected chi connectivity index (χ2v) is 13.7. The number of amides is 2. The van der Waals surface area contributed by atoms with Crippen molar-refractivity contribution in [1.82, 2.24) is 10.2 Å². The summed E-state index contributed by atoms with van der Waals surface area (Å²) in [6, 6.07) is 22.3. The van der Waals surface area contributed by atoms with Crippen molar-refractivity contribution in [3.05, 3.63) is 88.6 Å². The van der Waals surface area contributed by atoms with E-state index in [9.17, 15) is 18.0 Å². The molecule has 0 aliphatic heterocycles. The van der Waals surface area contributed by atoms with Crippen molar-refractivity contribution < 1.29 is 18.0 Å². The van der Waals surface area contributed by atoms with Crippen molar-refractivity contribution in [3.63, 3.8) is 0 Å². The summed E-state index contributed by atoms with van der Waals surface area (Å²) in [6.07, 6.45) is 2.26. The highest BCUT2D eigenvalue weighted by molar-refractivity contribution is 7.89. The third-order valence-electron chi connectivity index (χ3n) is 7.29. The molecule has 5 rings (SSSR count). The van der Waals surface area contributed by atoms with Gasteiger partial charge < -0.3 is 10.2 Å². The molecule has 1 saturated carbocycles. The Hall–Kier alpha value is -3.31. The Kier molecular flexibility index (Phi) is 8.51. The Morgan fingerprint density at radius 1 is 0.950 bits per heavy atom. The predicted octanol–water partition coefficient (Wildman–Crippen LogP) is 5.48. The first-order valence-corrected chi connectivity index (χ1v) is 16.3. The van der Waals surface area contributed by atoms with E-state index in [1.54, 1.807) is 52.8 Å². The summed E-state index contributed by atoms with van der Waals surface area (Å²) < 4.78 is 24.0. The summed E-state index contributed by atoms with van der Waals surface area (Å²) in [7, 11) is -2.10. The first-order valence-electron chi connectivity index (χ1n) is 13.1. The van der Waals surface area contributed by atoms with Crippen LogP contribution >= 0.6 is 22.7 Å². The van der Waals surface area contributed by atoms with Gasteiger partial charge in [0.1, 0.15) is 0 Å². The lowest BCUT2D eigenvalue weighted by molar-refractivity contribution is -0.140. The van der Waals surface area contributed by atoms with Gasteiger partial charge in [-0.15, -0.1) is 22.7 Å². The molecule has 208 valence electrons.